The summed E-state index contributed by atoms with van der Waals surface area (Å²) in [5.41, 5.74) is 3.25. The molecule has 120 valence electrons. The van der Waals surface area contributed by atoms with E-state index in [9.17, 15) is 5.11 Å². The van der Waals surface area contributed by atoms with Gasteiger partial charge in [0.1, 0.15) is 6.10 Å². The van der Waals surface area contributed by atoms with Crippen LogP contribution in [0.1, 0.15) is 51.7 Å². The highest BCUT2D eigenvalue weighted by atomic mass is 16.7. The maximum atomic E-state index is 11.1. The molecule has 3 rings (SSSR count). The first-order valence-corrected chi connectivity index (χ1v) is 8.19. The standard InChI is InChI=1S/C19H26O3/c1-14-8-7-11-18(2,3)16(14)19(21-12-13-22-19)17(20)15-9-5-4-6-10-15/h4-6,9-10,17,20H,7-8,11-13H2,1-3H3. The predicted octanol–water partition coefficient (Wildman–Crippen LogP) is 3.99. The summed E-state index contributed by atoms with van der Waals surface area (Å²) in [5.74, 6) is -1.03. The third-order valence-electron chi connectivity index (χ3n) is 5.00. The molecule has 1 aromatic carbocycles. The quantitative estimate of drug-likeness (QED) is 0.858. The van der Waals surface area contributed by atoms with Crippen LogP contribution in [0.2, 0.25) is 0 Å². The summed E-state index contributed by atoms with van der Waals surface area (Å²) in [7, 11) is 0. The lowest BCUT2D eigenvalue weighted by atomic mass is 9.68. The molecular weight excluding hydrogens is 276 g/mol. The van der Waals surface area contributed by atoms with Crippen LogP contribution in [0.15, 0.2) is 41.5 Å². The van der Waals surface area contributed by atoms with Crippen molar-refractivity contribution in [1.82, 2.24) is 0 Å². The molecule has 0 aromatic heterocycles. The van der Waals surface area contributed by atoms with Crippen LogP contribution < -0.4 is 0 Å². The van der Waals surface area contributed by atoms with Crippen LogP contribution in [0, 0.1) is 5.41 Å². The van der Waals surface area contributed by atoms with E-state index in [0.29, 0.717) is 13.2 Å². The maximum absolute atomic E-state index is 11.1. The van der Waals surface area contributed by atoms with Gasteiger partial charge in [-0.05, 0) is 42.7 Å². The minimum Gasteiger partial charge on any atom is -0.382 e. The number of ether oxygens (including phenoxy) is 2. The van der Waals surface area contributed by atoms with Crippen molar-refractivity contribution in [3.63, 3.8) is 0 Å². The molecule has 0 saturated carbocycles. The Bertz CT molecular complexity index is 553. The summed E-state index contributed by atoms with van der Waals surface area (Å²) in [5, 5.41) is 11.1. The number of benzene rings is 1. The van der Waals surface area contributed by atoms with E-state index in [-0.39, 0.29) is 5.41 Å². The molecular formula is C19H26O3. The lowest BCUT2D eigenvalue weighted by Gasteiger charge is -2.45. The zero-order chi connectivity index (χ0) is 15.8. The molecule has 1 fully saturated rings. The number of hydrogen-bond acceptors (Lipinski definition) is 3. The second-order valence-corrected chi connectivity index (χ2v) is 7.07. The monoisotopic (exact) mass is 302 g/mol. The van der Waals surface area contributed by atoms with E-state index < -0.39 is 11.9 Å². The van der Waals surface area contributed by atoms with Gasteiger partial charge in [-0.3, -0.25) is 0 Å². The Hall–Kier alpha value is -1.16. The number of aliphatic hydroxyl groups excluding tert-OH is 1. The lowest BCUT2D eigenvalue weighted by Crippen LogP contribution is -2.46. The Morgan fingerprint density at radius 1 is 1.09 bits per heavy atom. The molecule has 3 nitrogen and oxygen atoms in total. The van der Waals surface area contributed by atoms with Gasteiger partial charge in [-0.15, -0.1) is 0 Å². The molecule has 1 heterocycles. The van der Waals surface area contributed by atoms with Gasteiger partial charge in [0.2, 0.25) is 5.79 Å². The predicted molar refractivity (Wildman–Crippen MR) is 86.4 cm³/mol. The first kappa shape index (κ1) is 15.7. The molecule has 1 aliphatic heterocycles. The van der Waals surface area contributed by atoms with Crippen molar-refractivity contribution in [2.45, 2.75) is 51.9 Å². The molecule has 1 atom stereocenters. The summed E-state index contributed by atoms with van der Waals surface area (Å²) in [6, 6.07) is 9.70. The van der Waals surface area contributed by atoms with Gasteiger partial charge >= 0.3 is 0 Å². The number of allylic oxidation sites excluding steroid dienone is 1. The highest BCUT2D eigenvalue weighted by Gasteiger charge is 2.53. The molecule has 2 aliphatic rings. The van der Waals surface area contributed by atoms with Gasteiger partial charge in [0.05, 0.1) is 13.2 Å². The molecule has 22 heavy (non-hydrogen) atoms. The van der Waals surface area contributed by atoms with E-state index >= 15 is 0 Å². The fraction of sp³-hybridized carbons (Fsp3) is 0.579. The van der Waals surface area contributed by atoms with E-state index in [2.05, 4.69) is 20.8 Å². The highest BCUT2D eigenvalue weighted by molar-refractivity contribution is 5.34. The van der Waals surface area contributed by atoms with Gasteiger partial charge in [-0.1, -0.05) is 49.8 Å². The van der Waals surface area contributed by atoms with Crippen molar-refractivity contribution in [3.8, 4) is 0 Å². The molecule has 1 aromatic rings. The van der Waals surface area contributed by atoms with Crippen LogP contribution >= 0.6 is 0 Å². The zero-order valence-corrected chi connectivity index (χ0v) is 13.8. The summed E-state index contributed by atoms with van der Waals surface area (Å²) >= 11 is 0. The maximum Gasteiger partial charge on any atom is 0.223 e. The summed E-state index contributed by atoms with van der Waals surface area (Å²) < 4.78 is 12.1. The van der Waals surface area contributed by atoms with Gasteiger partial charge in [0.15, 0.2) is 0 Å². The van der Waals surface area contributed by atoms with Crippen LogP contribution in [0.5, 0.6) is 0 Å². The third-order valence-corrected chi connectivity index (χ3v) is 5.00. The number of hydrogen-bond donors (Lipinski definition) is 1. The average Bonchev–Trinajstić information content (AvgIpc) is 2.96. The zero-order valence-electron chi connectivity index (χ0n) is 13.8. The van der Waals surface area contributed by atoms with Gasteiger partial charge in [0.25, 0.3) is 0 Å². The summed E-state index contributed by atoms with van der Waals surface area (Å²) in [6.07, 6.45) is 2.52. The Morgan fingerprint density at radius 2 is 1.73 bits per heavy atom. The Balaban J connectivity index is 2.09. The van der Waals surface area contributed by atoms with E-state index in [4.69, 9.17) is 9.47 Å². The van der Waals surface area contributed by atoms with Gasteiger partial charge in [-0.25, -0.2) is 0 Å². The van der Waals surface area contributed by atoms with E-state index in [1.165, 1.54) is 12.0 Å². The molecule has 0 spiro atoms. The van der Waals surface area contributed by atoms with E-state index in [1.807, 2.05) is 30.3 Å². The van der Waals surface area contributed by atoms with Crippen LogP contribution in [0.4, 0.5) is 0 Å². The highest BCUT2D eigenvalue weighted by Crippen LogP contribution is 2.52. The largest absolute Gasteiger partial charge is 0.382 e. The summed E-state index contributed by atoms with van der Waals surface area (Å²) in [6.45, 7) is 7.67. The summed E-state index contributed by atoms with van der Waals surface area (Å²) in [4.78, 5) is 0. The normalized spacial score (nSPS) is 25.3. The van der Waals surface area contributed by atoms with Crippen molar-refractivity contribution in [3.05, 3.63) is 47.0 Å². The van der Waals surface area contributed by atoms with E-state index in [1.54, 1.807) is 0 Å². The first-order chi connectivity index (χ1) is 10.5. The molecule has 1 saturated heterocycles. The molecule has 1 unspecified atom stereocenters. The minimum absolute atomic E-state index is 0.0254. The Labute approximate surface area is 132 Å². The van der Waals surface area contributed by atoms with Crippen LogP contribution in [0.3, 0.4) is 0 Å². The number of aliphatic hydroxyl groups is 1. The first-order valence-electron chi connectivity index (χ1n) is 8.19. The SMILES string of the molecule is CC1=C(C2(C(O)c3ccccc3)OCCO2)C(C)(C)CCC1. The fourth-order valence-electron chi connectivity index (χ4n) is 4.11. The van der Waals surface area contributed by atoms with Crippen LogP contribution in [-0.2, 0) is 9.47 Å². The average molecular weight is 302 g/mol. The smallest absolute Gasteiger partial charge is 0.223 e. The number of rotatable bonds is 3. The van der Waals surface area contributed by atoms with Crippen molar-refractivity contribution in [2.24, 2.45) is 5.41 Å². The molecule has 3 heteroatoms. The van der Waals surface area contributed by atoms with Gasteiger partial charge in [-0.2, -0.15) is 0 Å². The van der Waals surface area contributed by atoms with Gasteiger partial charge < -0.3 is 14.6 Å². The topological polar surface area (TPSA) is 38.7 Å². The van der Waals surface area contributed by atoms with Crippen molar-refractivity contribution in [1.29, 1.82) is 0 Å². The second-order valence-electron chi connectivity index (χ2n) is 7.07. The molecule has 0 amide bonds. The molecule has 1 N–H and O–H groups in total. The lowest BCUT2D eigenvalue weighted by molar-refractivity contribution is -0.205. The van der Waals surface area contributed by atoms with Gasteiger partial charge in [0, 0.05) is 0 Å². The van der Waals surface area contributed by atoms with Crippen molar-refractivity contribution >= 4 is 0 Å². The molecule has 0 bridgehead atoms. The van der Waals surface area contributed by atoms with Crippen LogP contribution in [-0.4, -0.2) is 24.1 Å². The fourth-order valence-corrected chi connectivity index (χ4v) is 4.11. The van der Waals surface area contributed by atoms with E-state index in [0.717, 1.165) is 24.0 Å². The van der Waals surface area contributed by atoms with Crippen molar-refractivity contribution in [2.75, 3.05) is 13.2 Å². The molecule has 0 radical (unpaired) electrons. The second kappa shape index (κ2) is 5.80. The Kier molecular flexibility index (Phi) is 4.15. The van der Waals surface area contributed by atoms with Crippen molar-refractivity contribution < 1.29 is 14.6 Å². The third kappa shape index (κ3) is 2.51. The molecule has 1 aliphatic carbocycles. The Morgan fingerprint density at radius 3 is 2.32 bits per heavy atom. The minimum atomic E-state index is -1.03. The van der Waals surface area contributed by atoms with Crippen LogP contribution in [0.25, 0.3) is 0 Å².